The molecule has 8 heteroatoms. The Balaban J connectivity index is 2.31. The van der Waals surface area contributed by atoms with Crippen molar-refractivity contribution in [1.29, 1.82) is 0 Å². The molecule has 0 aromatic heterocycles. The van der Waals surface area contributed by atoms with E-state index in [1.54, 1.807) is 0 Å². The van der Waals surface area contributed by atoms with Crippen LogP contribution in [0, 0.1) is 0 Å². The van der Waals surface area contributed by atoms with Gasteiger partial charge in [0.1, 0.15) is 27.7 Å². The lowest BCUT2D eigenvalue weighted by Crippen LogP contribution is -2.63. The molecule has 0 radical (unpaired) electrons. The fourth-order valence-electron chi connectivity index (χ4n) is 3.33. The van der Waals surface area contributed by atoms with Crippen LogP contribution in [0.3, 0.4) is 0 Å². The molecule has 134 valence electrons. The van der Waals surface area contributed by atoms with Gasteiger partial charge in [-0.25, -0.2) is 0 Å². The zero-order valence-electron chi connectivity index (χ0n) is 14.1. The first-order valence-corrected chi connectivity index (χ1v) is 7.81. The molecule has 0 saturated carbocycles. The number of ketones is 2. The molecule has 3 rings (SSSR count). The number of hydrogen-bond donors (Lipinski definition) is 1. The van der Waals surface area contributed by atoms with Crippen molar-refractivity contribution in [2.45, 2.75) is 24.5 Å². The van der Waals surface area contributed by atoms with Gasteiger partial charge in [-0.1, -0.05) is 11.6 Å². The summed E-state index contributed by atoms with van der Waals surface area (Å²) in [4.78, 5) is 25.2. The minimum absolute atomic E-state index is 0.0143. The van der Waals surface area contributed by atoms with Crippen LogP contribution in [0.1, 0.15) is 23.7 Å². The van der Waals surface area contributed by atoms with E-state index < -0.39 is 17.0 Å². The van der Waals surface area contributed by atoms with E-state index in [-0.39, 0.29) is 45.8 Å². The summed E-state index contributed by atoms with van der Waals surface area (Å²) in [6.45, 7) is 1.35. The van der Waals surface area contributed by atoms with Crippen LogP contribution in [0.2, 0.25) is 5.02 Å². The molecule has 2 aliphatic rings. The number of halogens is 1. The SMILES string of the molecule is COC1=CC(=O)C[C@](C)(O)[C@]12Oc1c(Cl)c(OC)cc(OC)c1C2=O. The molecule has 0 amide bonds. The number of methoxy groups -OCH3 is 3. The van der Waals surface area contributed by atoms with Gasteiger partial charge in [-0.05, 0) is 6.92 Å². The average Bonchev–Trinajstić information content (AvgIpc) is 2.87. The average molecular weight is 369 g/mol. The fourth-order valence-corrected chi connectivity index (χ4v) is 3.60. The van der Waals surface area contributed by atoms with Crippen LogP contribution in [0.4, 0.5) is 0 Å². The van der Waals surface area contributed by atoms with Gasteiger partial charge in [0.15, 0.2) is 17.3 Å². The lowest BCUT2D eigenvalue weighted by atomic mass is 9.72. The molecule has 1 aromatic rings. The number of aliphatic hydroxyl groups is 1. The molecule has 7 nitrogen and oxygen atoms in total. The van der Waals surface area contributed by atoms with Gasteiger partial charge in [-0.2, -0.15) is 0 Å². The molecular formula is C17H17ClO7. The number of allylic oxidation sites excluding steroid dienone is 1. The Morgan fingerprint density at radius 1 is 1.16 bits per heavy atom. The summed E-state index contributed by atoms with van der Waals surface area (Å²) in [5.41, 5.74) is -3.71. The molecule has 1 aliphatic carbocycles. The van der Waals surface area contributed by atoms with E-state index in [1.165, 1.54) is 34.3 Å². The normalized spacial score (nSPS) is 27.7. The van der Waals surface area contributed by atoms with Gasteiger partial charge in [-0.3, -0.25) is 9.59 Å². The minimum atomic E-state index is -1.93. The second-order valence-electron chi connectivity index (χ2n) is 6.04. The fraction of sp³-hybridized carbons (Fsp3) is 0.412. The summed E-state index contributed by atoms with van der Waals surface area (Å²) in [6, 6.07) is 1.46. The molecule has 0 saturated heterocycles. The van der Waals surface area contributed by atoms with E-state index in [9.17, 15) is 14.7 Å². The van der Waals surface area contributed by atoms with Crippen LogP contribution in [-0.2, 0) is 9.53 Å². The molecule has 1 aliphatic heterocycles. The molecule has 0 unspecified atom stereocenters. The Kier molecular flexibility index (Phi) is 3.96. The van der Waals surface area contributed by atoms with Crippen LogP contribution in [0.15, 0.2) is 17.9 Å². The number of ether oxygens (including phenoxy) is 4. The maximum Gasteiger partial charge on any atom is 0.256 e. The van der Waals surface area contributed by atoms with E-state index >= 15 is 0 Å². The van der Waals surface area contributed by atoms with Gasteiger partial charge in [0.25, 0.3) is 5.60 Å². The maximum absolute atomic E-state index is 13.3. The number of hydrogen-bond acceptors (Lipinski definition) is 7. The van der Waals surface area contributed by atoms with E-state index in [0.717, 1.165) is 6.08 Å². The third-order valence-corrected chi connectivity index (χ3v) is 4.89. The third kappa shape index (κ3) is 2.15. The van der Waals surface area contributed by atoms with E-state index in [1.807, 2.05) is 0 Å². The molecule has 1 aromatic carbocycles. The van der Waals surface area contributed by atoms with E-state index in [0.29, 0.717) is 0 Å². The van der Waals surface area contributed by atoms with Crippen molar-refractivity contribution in [3.05, 3.63) is 28.5 Å². The molecule has 1 heterocycles. The largest absolute Gasteiger partial charge is 0.496 e. The first-order valence-electron chi connectivity index (χ1n) is 7.43. The van der Waals surface area contributed by atoms with Crippen molar-refractivity contribution in [3.8, 4) is 17.2 Å². The first kappa shape index (κ1) is 17.6. The number of fused-ring (bicyclic) bond motifs is 1. The zero-order chi connectivity index (χ0) is 18.6. The predicted octanol–water partition coefficient (Wildman–Crippen LogP) is 1.93. The number of benzene rings is 1. The molecule has 25 heavy (non-hydrogen) atoms. The third-order valence-electron chi connectivity index (χ3n) is 4.53. The standard InChI is InChI=1S/C17H17ClO7/c1-16(21)7-8(19)5-11(24-4)17(16)15(20)12-9(22-2)6-10(23-3)13(18)14(12)25-17/h5-6,21H,7H2,1-4H3/t16-,17-/m0/s1. The summed E-state index contributed by atoms with van der Waals surface area (Å²) in [5.74, 6) is -0.629. The van der Waals surface area contributed by atoms with E-state index in [4.69, 9.17) is 30.5 Å². The Morgan fingerprint density at radius 2 is 1.80 bits per heavy atom. The van der Waals surface area contributed by atoms with Gasteiger partial charge >= 0.3 is 0 Å². The maximum atomic E-state index is 13.3. The highest BCUT2D eigenvalue weighted by molar-refractivity contribution is 6.35. The Morgan fingerprint density at radius 3 is 2.36 bits per heavy atom. The van der Waals surface area contributed by atoms with Crippen molar-refractivity contribution in [1.82, 2.24) is 0 Å². The summed E-state index contributed by atoms with van der Waals surface area (Å²) in [6.07, 6.45) is 0.843. The Hall–Kier alpha value is -2.25. The lowest BCUT2D eigenvalue weighted by Gasteiger charge is -2.42. The summed E-state index contributed by atoms with van der Waals surface area (Å²) < 4.78 is 21.6. The number of carbonyl (C=O) groups excluding carboxylic acids is 2. The zero-order valence-corrected chi connectivity index (χ0v) is 14.9. The molecule has 1 N–H and O–H groups in total. The molecule has 1 spiro atoms. The molecule has 0 fully saturated rings. The van der Waals surface area contributed by atoms with Gasteiger partial charge in [0, 0.05) is 18.6 Å². The number of rotatable bonds is 3. The van der Waals surface area contributed by atoms with Gasteiger partial charge in [-0.15, -0.1) is 0 Å². The lowest BCUT2D eigenvalue weighted by molar-refractivity contribution is -0.135. The van der Waals surface area contributed by atoms with Crippen molar-refractivity contribution >= 4 is 23.2 Å². The summed E-state index contributed by atoms with van der Waals surface area (Å²) in [7, 11) is 4.09. The highest BCUT2D eigenvalue weighted by atomic mass is 35.5. The summed E-state index contributed by atoms with van der Waals surface area (Å²) in [5, 5.41) is 11.0. The van der Waals surface area contributed by atoms with Crippen LogP contribution in [-0.4, -0.2) is 49.2 Å². The van der Waals surface area contributed by atoms with Gasteiger partial charge < -0.3 is 24.1 Å². The molecule has 0 bridgehead atoms. The summed E-state index contributed by atoms with van der Waals surface area (Å²) >= 11 is 6.30. The first-order chi connectivity index (χ1) is 11.7. The van der Waals surface area contributed by atoms with Crippen LogP contribution >= 0.6 is 11.6 Å². The minimum Gasteiger partial charge on any atom is -0.496 e. The van der Waals surface area contributed by atoms with Crippen molar-refractivity contribution < 1.29 is 33.6 Å². The topological polar surface area (TPSA) is 91.3 Å². The van der Waals surface area contributed by atoms with Crippen molar-refractivity contribution in [3.63, 3.8) is 0 Å². The second-order valence-corrected chi connectivity index (χ2v) is 6.42. The Labute approximate surface area is 149 Å². The quantitative estimate of drug-likeness (QED) is 0.871. The van der Waals surface area contributed by atoms with Crippen LogP contribution in [0.5, 0.6) is 17.2 Å². The highest BCUT2D eigenvalue weighted by Gasteiger charge is 2.66. The molecule has 2 atom stereocenters. The van der Waals surface area contributed by atoms with Crippen LogP contribution in [0.25, 0.3) is 0 Å². The van der Waals surface area contributed by atoms with E-state index in [2.05, 4.69) is 0 Å². The number of carbonyl (C=O) groups is 2. The van der Waals surface area contributed by atoms with Gasteiger partial charge in [0.05, 0.1) is 21.3 Å². The van der Waals surface area contributed by atoms with Crippen molar-refractivity contribution in [2.24, 2.45) is 0 Å². The highest BCUT2D eigenvalue weighted by Crippen LogP contribution is 2.55. The monoisotopic (exact) mass is 368 g/mol. The molecular weight excluding hydrogens is 352 g/mol. The van der Waals surface area contributed by atoms with Crippen LogP contribution < -0.4 is 14.2 Å². The van der Waals surface area contributed by atoms with Gasteiger partial charge in [0.2, 0.25) is 5.78 Å². The Bertz CT molecular complexity index is 812. The number of Topliss-reactive ketones (excluding diaryl/α,β-unsaturated/α-hetero) is 1. The smallest absolute Gasteiger partial charge is 0.256 e. The second kappa shape index (κ2) is 5.64. The van der Waals surface area contributed by atoms with Crippen molar-refractivity contribution in [2.75, 3.05) is 21.3 Å². The predicted molar refractivity (Wildman–Crippen MR) is 87.6 cm³/mol.